The zero-order valence-electron chi connectivity index (χ0n) is 16.9. The standard InChI is InChI=1S/C24H22N4O2/c1-27(2)18-14-12-17(13-15-18)16-25-23(29)22-20-10-6-7-11-21(20)24(30)28(26-22)19-8-4-3-5-9-19/h3-15H,16H2,1-2H3,(H,25,29). The molecule has 1 N–H and O–H groups in total. The van der Waals surface area contributed by atoms with Crippen molar-refractivity contribution in [3.05, 3.63) is 100 Å². The highest BCUT2D eigenvalue weighted by molar-refractivity contribution is 6.04. The summed E-state index contributed by atoms with van der Waals surface area (Å²) in [4.78, 5) is 28.0. The molecule has 30 heavy (non-hydrogen) atoms. The fourth-order valence-electron chi connectivity index (χ4n) is 3.28. The highest BCUT2D eigenvalue weighted by Crippen LogP contribution is 2.16. The average molecular weight is 398 g/mol. The van der Waals surface area contributed by atoms with Crippen LogP contribution in [0, 0.1) is 0 Å². The molecule has 0 radical (unpaired) electrons. The molecule has 1 aromatic heterocycles. The van der Waals surface area contributed by atoms with Crippen LogP contribution in [0.5, 0.6) is 0 Å². The first-order valence-electron chi connectivity index (χ1n) is 9.66. The van der Waals surface area contributed by atoms with Crippen LogP contribution in [0.4, 0.5) is 5.69 Å². The van der Waals surface area contributed by atoms with Crippen LogP contribution in [-0.4, -0.2) is 29.8 Å². The Balaban J connectivity index is 1.68. The summed E-state index contributed by atoms with van der Waals surface area (Å²) in [6, 6.07) is 24.1. The number of nitrogens with zero attached hydrogens (tertiary/aromatic N) is 3. The van der Waals surface area contributed by atoms with Gasteiger partial charge in [-0.05, 0) is 35.9 Å². The maximum absolute atomic E-state index is 13.0. The van der Waals surface area contributed by atoms with Crippen molar-refractivity contribution in [1.29, 1.82) is 0 Å². The van der Waals surface area contributed by atoms with Crippen LogP contribution in [0.15, 0.2) is 83.7 Å². The summed E-state index contributed by atoms with van der Waals surface area (Å²) in [6.45, 7) is 0.368. The first kappa shape index (κ1) is 19.4. The summed E-state index contributed by atoms with van der Waals surface area (Å²) in [7, 11) is 3.96. The highest BCUT2D eigenvalue weighted by Gasteiger charge is 2.17. The van der Waals surface area contributed by atoms with Crippen molar-refractivity contribution in [3.8, 4) is 5.69 Å². The number of fused-ring (bicyclic) bond motifs is 1. The van der Waals surface area contributed by atoms with E-state index in [9.17, 15) is 9.59 Å². The molecule has 4 aromatic rings. The molecule has 1 heterocycles. The molecule has 150 valence electrons. The van der Waals surface area contributed by atoms with Crippen molar-refractivity contribution >= 4 is 22.4 Å². The Hall–Kier alpha value is -3.93. The van der Waals surface area contributed by atoms with Gasteiger partial charge in [-0.1, -0.05) is 48.5 Å². The number of hydrogen-bond donors (Lipinski definition) is 1. The zero-order valence-corrected chi connectivity index (χ0v) is 16.9. The van der Waals surface area contributed by atoms with Gasteiger partial charge in [-0.25, -0.2) is 0 Å². The van der Waals surface area contributed by atoms with Gasteiger partial charge >= 0.3 is 0 Å². The molecule has 0 atom stereocenters. The zero-order chi connectivity index (χ0) is 21.1. The van der Waals surface area contributed by atoms with E-state index in [4.69, 9.17) is 0 Å². The maximum atomic E-state index is 13.0. The molecule has 1 amide bonds. The number of rotatable bonds is 5. The Morgan fingerprint density at radius 1 is 0.900 bits per heavy atom. The van der Waals surface area contributed by atoms with Crippen LogP contribution >= 0.6 is 0 Å². The summed E-state index contributed by atoms with van der Waals surface area (Å²) in [6.07, 6.45) is 0. The molecule has 0 aliphatic carbocycles. The van der Waals surface area contributed by atoms with Crippen LogP contribution in [0.3, 0.4) is 0 Å². The van der Waals surface area contributed by atoms with Crippen molar-refractivity contribution in [2.45, 2.75) is 6.54 Å². The molecular weight excluding hydrogens is 376 g/mol. The highest BCUT2D eigenvalue weighted by atomic mass is 16.2. The van der Waals surface area contributed by atoms with Crippen molar-refractivity contribution < 1.29 is 4.79 Å². The molecule has 0 bridgehead atoms. The van der Waals surface area contributed by atoms with Crippen LogP contribution in [0.25, 0.3) is 16.5 Å². The van der Waals surface area contributed by atoms with Crippen LogP contribution in [0.1, 0.15) is 16.1 Å². The van der Waals surface area contributed by atoms with E-state index in [0.29, 0.717) is 23.0 Å². The molecule has 0 aliphatic heterocycles. The molecule has 3 aromatic carbocycles. The van der Waals surface area contributed by atoms with E-state index >= 15 is 0 Å². The van der Waals surface area contributed by atoms with Crippen molar-refractivity contribution in [2.24, 2.45) is 0 Å². The van der Waals surface area contributed by atoms with E-state index < -0.39 is 0 Å². The molecule has 0 aliphatic rings. The van der Waals surface area contributed by atoms with Crippen molar-refractivity contribution in [2.75, 3.05) is 19.0 Å². The second-order valence-corrected chi connectivity index (χ2v) is 7.19. The number of hydrogen-bond acceptors (Lipinski definition) is 4. The van der Waals surface area contributed by atoms with Gasteiger partial charge in [0.2, 0.25) is 0 Å². The van der Waals surface area contributed by atoms with Gasteiger partial charge in [0.15, 0.2) is 5.69 Å². The summed E-state index contributed by atoms with van der Waals surface area (Å²) in [5.41, 5.74) is 2.65. The van der Waals surface area contributed by atoms with E-state index in [1.54, 1.807) is 36.4 Å². The number of carbonyl (C=O) groups excluding carboxylic acids is 1. The Bertz CT molecular complexity index is 1250. The minimum absolute atomic E-state index is 0.221. The Labute approximate surface area is 174 Å². The number of anilines is 1. The molecule has 4 rings (SSSR count). The molecule has 0 fully saturated rings. The van der Waals surface area contributed by atoms with E-state index in [2.05, 4.69) is 10.4 Å². The molecular formula is C24H22N4O2. The minimum atomic E-state index is -0.326. The van der Waals surface area contributed by atoms with E-state index in [1.165, 1.54) is 4.68 Å². The summed E-state index contributed by atoms with van der Waals surface area (Å²) in [5, 5.41) is 8.32. The van der Waals surface area contributed by atoms with Gasteiger partial charge in [0.1, 0.15) is 0 Å². The first-order chi connectivity index (χ1) is 14.5. The lowest BCUT2D eigenvalue weighted by molar-refractivity contribution is 0.0946. The van der Waals surface area contributed by atoms with Crippen LogP contribution in [-0.2, 0) is 6.54 Å². The second kappa shape index (κ2) is 8.21. The van der Waals surface area contributed by atoms with Gasteiger partial charge in [0.05, 0.1) is 11.1 Å². The van der Waals surface area contributed by atoms with Crippen LogP contribution < -0.4 is 15.8 Å². The largest absolute Gasteiger partial charge is 0.378 e. The molecule has 0 spiro atoms. The molecule has 0 saturated carbocycles. The number of amides is 1. The second-order valence-electron chi connectivity index (χ2n) is 7.19. The monoisotopic (exact) mass is 398 g/mol. The molecule has 0 unspecified atom stereocenters. The lowest BCUT2D eigenvalue weighted by Crippen LogP contribution is -2.29. The third kappa shape index (κ3) is 3.80. The fourth-order valence-corrected chi connectivity index (χ4v) is 3.28. The van der Waals surface area contributed by atoms with Gasteiger partial charge in [-0.3, -0.25) is 9.59 Å². The van der Waals surface area contributed by atoms with Gasteiger partial charge in [-0.15, -0.1) is 0 Å². The summed E-state index contributed by atoms with van der Waals surface area (Å²) < 4.78 is 1.28. The van der Waals surface area contributed by atoms with E-state index in [0.717, 1.165) is 11.3 Å². The van der Waals surface area contributed by atoms with Gasteiger partial charge in [0.25, 0.3) is 11.5 Å². The third-order valence-electron chi connectivity index (χ3n) is 4.93. The molecule has 6 nitrogen and oxygen atoms in total. The fraction of sp³-hybridized carbons (Fsp3) is 0.125. The van der Waals surface area contributed by atoms with Crippen LogP contribution in [0.2, 0.25) is 0 Å². The number of benzene rings is 3. The van der Waals surface area contributed by atoms with Gasteiger partial charge < -0.3 is 10.2 Å². The number of aromatic nitrogens is 2. The van der Waals surface area contributed by atoms with Crippen molar-refractivity contribution in [3.63, 3.8) is 0 Å². The van der Waals surface area contributed by atoms with E-state index in [1.807, 2.05) is 61.5 Å². The normalized spacial score (nSPS) is 10.7. The number of carbonyl (C=O) groups is 1. The predicted molar refractivity (Wildman–Crippen MR) is 119 cm³/mol. The molecule has 0 saturated heterocycles. The summed E-state index contributed by atoms with van der Waals surface area (Å²) in [5.74, 6) is -0.326. The Morgan fingerprint density at radius 3 is 2.20 bits per heavy atom. The minimum Gasteiger partial charge on any atom is -0.378 e. The lowest BCUT2D eigenvalue weighted by atomic mass is 10.1. The van der Waals surface area contributed by atoms with Gasteiger partial charge in [0, 0.05) is 31.7 Å². The number of para-hydroxylation sites is 1. The maximum Gasteiger partial charge on any atom is 0.279 e. The van der Waals surface area contributed by atoms with Crippen molar-refractivity contribution in [1.82, 2.24) is 15.1 Å². The molecule has 6 heteroatoms. The average Bonchev–Trinajstić information content (AvgIpc) is 2.79. The first-order valence-corrected chi connectivity index (χ1v) is 9.66. The number of nitrogens with one attached hydrogen (secondary N) is 1. The van der Waals surface area contributed by atoms with Gasteiger partial charge in [-0.2, -0.15) is 9.78 Å². The third-order valence-corrected chi connectivity index (χ3v) is 4.93. The smallest absolute Gasteiger partial charge is 0.279 e. The SMILES string of the molecule is CN(C)c1ccc(CNC(=O)c2nn(-c3ccccc3)c(=O)c3ccccc23)cc1. The lowest BCUT2D eigenvalue weighted by Gasteiger charge is -2.13. The predicted octanol–water partition coefficient (Wildman–Crippen LogP) is 3.38. The van der Waals surface area contributed by atoms with E-state index in [-0.39, 0.29) is 17.2 Å². The Morgan fingerprint density at radius 2 is 1.53 bits per heavy atom. The summed E-state index contributed by atoms with van der Waals surface area (Å²) >= 11 is 0. The topological polar surface area (TPSA) is 67.2 Å². The quantitative estimate of drug-likeness (QED) is 0.560. The Kier molecular flexibility index (Phi) is 5.30.